The minimum absolute atomic E-state index is 0.0397. The first-order chi connectivity index (χ1) is 20.4. The Morgan fingerprint density at radius 1 is 1.02 bits per heavy atom. The average Bonchev–Trinajstić information content (AvgIpc) is 3.46. The minimum atomic E-state index is -0.133. The molecule has 42 heavy (non-hydrogen) atoms. The zero-order valence-electron chi connectivity index (χ0n) is 25.1. The van der Waals surface area contributed by atoms with Gasteiger partial charge < -0.3 is 23.8 Å². The summed E-state index contributed by atoms with van der Waals surface area (Å²) in [6.07, 6.45) is 8.87. The second-order valence-corrected chi connectivity index (χ2v) is 12.2. The summed E-state index contributed by atoms with van der Waals surface area (Å²) in [6, 6.07) is 5.95. The highest BCUT2D eigenvalue weighted by molar-refractivity contribution is 7.08. The van der Waals surface area contributed by atoms with Crippen LogP contribution in [0.15, 0.2) is 51.9 Å². The number of hydrogen-bond acceptors (Lipinski definition) is 8. The number of carbonyl (C=O) groups excluding carboxylic acids is 2. The predicted molar refractivity (Wildman–Crippen MR) is 165 cm³/mol. The van der Waals surface area contributed by atoms with Gasteiger partial charge >= 0.3 is 5.97 Å². The van der Waals surface area contributed by atoms with Gasteiger partial charge in [-0.05, 0) is 63.1 Å². The topological polar surface area (TPSA) is 74.3 Å². The van der Waals surface area contributed by atoms with Gasteiger partial charge in [0.2, 0.25) is 0 Å². The number of fused-ring (bicyclic) bond motifs is 2. The van der Waals surface area contributed by atoms with Gasteiger partial charge in [-0.2, -0.15) is 11.3 Å². The van der Waals surface area contributed by atoms with E-state index in [2.05, 4.69) is 27.5 Å². The number of carbonyl (C=O) groups is 2. The van der Waals surface area contributed by atoms with Gasteiger partial charge in [-0.15, -0.1) is 5.73 Å². The molecule has 3 aliphatic rings. The number of methoxy groups -OCH3 is 2. The first kappa shape index (κ1) is 30.0. The third kappa shape index (κ3) is 6.45. The van der Waals surface area contributed by atoms with E-state index in [1.54, 1.807) is 18.4 Å². The first-order valence-electron chi connectivity index (χ1n) is 15.0. The van der Waals surface area contributed by atoms with Crippen molar-refractivity contribution in [3.8, 4) is 17.2 Å². The summed E-state index contributed by atoms with van der Waals surface area (Å²) in [4.78, 5) is 28.9. The maximum Gasteiger partial charge on any atom is 0.308 e. The standard InChI is InChI=1S/C34H41NO6S/c1-22(2)41-31-18-27-29(19-30(31)38-3)40-20-28-26(14-9-16-35(32(27)28)25-15-17-42-21-25)33(36)23-10-6-5-7-11-24(13-8-12-23)34(37)39-4/h9,15,17-19,21-24H,5-8,10-13,16,20H2,1-4H3. The monoisotopic (exact) mass is 591 g/mol. The lowest BCUT2D eigenvalue weighted by Gasteiger charge is -2.33. The number of hydrogen-bond donors (Lipinski definition) is 0. The zero-order chi connectivity index (χ0) is 29.6. The third-order valence-electron chi connectivity index (χ3n) is 8.31. The number of Topliss-reactive ketones (excluding diaryl/α,β-unsaturated/α-hetero) is 1. The van der Waals surface area contributed by atoms with Crippen LogP contribution in [0.25, 0.3) is 5.70 Å². The molecule has 3 heterocycles. The van der Waals surface area contributed by atoms with Gasteiger partial charge in [-0.25, -0.2) is 0 Å². The number of rotatable bonds is 7. The molecule has 0 radical (unpaired) electrons. The van der Waals surface area contributed by atoms with Gasteiger partial charge in [0.05, 0.1) is 43.2 Å². The summed E-state index contributed by atoms with van der Waals surface area (Å²) in [5, 5.41) is 4.18. The van der Waals surface area contributed by atoms with Crippen molar-refractivity contribution in [3.05, 3.63) is 57.5 Å². The van der Waals surface area contributed by atoms with Crippen LogP contribution in [0, 0.1) is 11.8 Å². The van der Waals surface area contributed by atoms with Crippen LogP contribution in [0.3, 0.4) is 0 Å². The summed E-state index contributed by atoms with van der Waals surface area (Å²) in [7, 11) is 3.09. The van der Waals surface area contributed by atoms with E-state index in [0.717, 1.165) is 73.9 Å². The Hall–Kier alpha value is -3.48. The molecule has 1 aliphatic carbocycles. The lowest BCUT2D eigenvalue weighted by Crippen LogP contribution is -2.29. The van der Waals surface area contributed by atoms with E-state index in [1.165, 1.54) is 7.11 Å². The molecule has 2 aromatic rings. The molecule has 0 bridgehead atoms. The van der Waals surface area contributed by atoms with Crippen LogP contribution < -0.4 is 19.1 Å². The molecule has 1 aromatic carbocycles. The van der Waals surface area contributed by atoms with Crippen molar-refractivity contribution in [1.29, 1.82) is 0 Å². The van der Waals surface area contributed by atoms with Gasteiger partial charge in [-0.3, -0.25) is 9.59 Å². The van der Waals surface area contributed by atoms with E-state index in [4.69, 9.17) is 18.9 Å². The molecule has 0 N–H and O–H groups in total. The van der Waals surface area contributed by atoms with Crippen molar-refractivity contribution >= 4 is 34.5 Å². The molecule has 1 aromatic heterocycles. The molecule has 224 valence electrons. The summed E-state index contributed by atoms with van der Waals surface area (Å²) < 4.78 is 23.2. The number of nitrogens with zero attached hydrogens (tertiary/aromatic N) is 1. The van der Waals surface area contributed by atoms with Crippen molar-refractivity contribution in [2.75, 3.05) is 32.3 Å². The summed E-state index contributed by atoms with van der Waals surface area (Å²) >= 11 is 1.64. The fraction of sp³-hybridized carbons (Fsp3) is 0.500. The number of anilines is 1. The molecule has 2 unspecified atom stereocenters. The number of ketones is 1. The Morgan fingerprint density at radius 2 is 1.79 bits per heavy atom. The first-order valence-corrected chi connectivity index (χ1v) is 16.0. The fourth-order valence-corrected chi connectivity index (χ4v) is 6.88. The minimum Gasteiger partial charge on any atom is -0.493 e. The summed E-state index contributed by atoms with van der Waals surface area (Å²) in [5.41, 5.74) is 7.72. The van der Waals surface area contributed by atoms with Gasteiger partial charge in [0.15, 0.2) is 17.3 Å². The van der Waals surface area contributed by atoms with Crippen molar-refractivity contribution < 1.29 is 28.5 Å². The fourth-order valence-electron chi connectivity index (χ4n) is 6.24. The molecule has 0 saturated heterocycles. The maximum absolute atomic E-state index is 14.4. The van der Waals surface area contributed by atoms with E-state index in [1.807, 2.05) is 32.1 Å². The highest BCUT2D eigenvalue weighted by Crippen LogP contribution is 2.46. The average molecular weight is 592 g/mol. The Labute approximate surface area is 252 Å². The molecular formula is C34H41NO6S. The molecular weight excluding hydrogens is 550 g/mol. The molecule has 8 heteroatoms. The van der Waals surface area contributed by atoms with Crippen LogP contribution in [-0.2, 0) is 14.3 Å². The number of benzene rings is 1. The highest BCUT2D eigenvalue weighted by Gasteiger charge is 2.35. The second kappa shape index (κ2) is 13.7. The molecule has 5 rings (SSSR count). The third-order valence-corrected chi connectivity index (χ3v) is 8.98. The quantitative estimate of drug-likeness (QED) is 0.246. The van der Waals surface area contributed by atoms with Crippen molar-refractivity contribution in [2.45, 2.75) is 71.3 Å². The van der Waals surface area contributed by atoms with E-state index in [9.17, 15) is 9.59 Å². The zero-order valence-corrected chi connectivity index (χ0v) is 25.9. The van der Waals surface area contributed by atoms with Gasteiger partial charge in [0, 0.05) is 35.0 Å². The van der Waals surface area contributed by atoms with Crippen LogP contribution in [0.4, 0.5) is 5.69 Å². The van der Waals surface area contributed by atoms with E-state index >= 15 is 0 Å². The lowest BCUT2D eigenvalue weighted by atomic mass is 9.82. The maximum atomic E-state index is 14.4. The van der Waals surface area contributed by atoms with E-state index in [0.29, 0.717) is 29.4 Å². The Bertz CT molecular complexity index is 1380. The molecule has 0 spiro atoms. The van der Waals surface area contributed by atoms with Gasteiger partial charge in [0.25, 0.3) is 0 Å². The molecule has 1 saturated carbocycles. The van der Waals surface area contributed by atoms with E-state index < -0.39 is 0 Å². The van der Waals surface area contributed by atoms with Crippen LogP contribution in [0.2, 0.25) is 0 Å². The summed E-state index contributed by atoms with van der Waals surface area (Å²) in [6.45, 7) is 4.80. The normalized spacial score (nSPS) is 21.0. The van der Waals surface area contributed by atoms with Gasteiger partial charge in [-0.1, -0.05) is 25.7 Å². The Morgan fingerprint density at radius 3 is 2.50 bits per heavy atom. The van der Waals surface area contributed by atoms with E-state index in [-0.39, 0.29) is 36.3 Å². The number of thiophene rings is 1. The van der Waals surface area contributed by atoms with Crippen LogP contribution in [-0.4, -0.2) is 45.2 Å². The molecule has 2 aliphatic heterocycles. The SMILES string of the molecule is COC(=O)C1CCCCCC(C(=O)C2=C=CCN(c3ccsc3)C3=C2COc2cc(OC)c(OC(C)C)cc23)CCC1. The van der Waals surface area contributed by atoms with Crippen LogP contribution >= 0.6 is 11.3 Å². The van der Waals surface area contributed by atoms with Gasteiger partial charge in [0.1, 0.15) is 12.4 Å². The second-order valence-electron chi connectivity index (χ2n) is 11.4. The lowest BCUT2D eigenvalue weighted by molar-refractivity contribution is -0.146. The predicted octanol–water partition coefficient (Wildman–Crippen LogP) is 7.36. The summed E-state index contributed by atoms with van der Waals surface area (Å²) in [5.74, 6) is 1.71. The highest BCUT2D eigenvalue weighted by atomic mass is 32.1. The molecule has 1 fully saturated rings. The number of ether oxygens (including phenoxy) is 4. The Balaban J connectivity index is 1.54. The van der Waals surface area contributed by atoms with Crippen LogP contribution in [0.5, 0.6) is 17.2 Å². The van der Waals surface area contributed by atoms with Crippen molar-refractivity contribution in [3.63, 3.8) is 0 Å². The molecule has 0 amide bonds. The smallest absolute Gasteiger partial charge is 0.308 e. The van der Waals surface area contributed by atoms with Crippen LogP contribution in [0.1, 0.15) is 70.8 Å². The van der Waals surface area contributed by atoms with Crippen molar-refractivity contribution in [1.82, 2.24) is 0 Å². The molecule has 7 nitrogen and oxygen atoms in total. The largest absolute Gasteiger partial charge is 0.493 e. The molecule has 2 atom stereocenters. The van der Waals surface area contributed by atoms with Crippen molar-refractivity contribution in [2.24, 2.45) is 11.8 Å². The Kier molecular flexibility index (Phi) is 9.76. The number of esters is 1.